The summed E-state index contributed by atoms with van der Waals surface area (Å²) in [6.07, 6.45) is 2.85. The van der Waals surface area contributed by atoms with Crippen LogP contribution in [0.2, 0.25) is 0 Å². The molecule has 3 aromatic rings. The average molecular weight is 302 g/mol. The molecule has 0 spiro atoms. The predicted molar refractivity (Wildman–Crippen MR) is 91.1 cm³/mol. The van der Waals surface area contributed by atoms with Crippen LogP contribution in [0, 0.1) is 20.8 Å². The Bertz CT molecular complexity index is 942. The van der Waals surface area contributed by atoms with Crippen LogP contribution in [-0.2, 0) is 13.5 Å². The highest BCUT2D eigenvalue weighted by molar-refractivity contribution is 5.71. The summed E-state index contributed by atoms with van der Waals surface area (Å²) >= 11 is 0. The molecular formula is C20H20N3+. The third kappa shape index (κ3) is 2.15. The highest BCUT2D eigenvalue weighted by Gasteiger charge is 2.31. The highest BCUT2D eigenvalue weighted by atomic mass is 15.0. The van der Waals surface area contributed by atoms with E-state index in [1.54, 1.807) is 0 Å². The van der Waals surface area contributed by atoms with Gasteiger partial charge in [-0.15, -0.1) is 0 Å². The van der Waals surface area contributed by atoms with Crippen molar-refractivity contribution in [2.45, 2.75) is 27.2 Å². The summed E-state index contributed by atoms with van der Waals surface area (Å²) in [5, 5.41) is 0. The average Bonchev–Trinajstić information content (AvgIpc) is 2.89. The molecule has 1 aromatic carbocycles. The Morgan fingerprint density at radius 2 is 1.83 bits per heavy atom. The number of aryl methyl sites for hydroxylation is 3. The number of rotatable bonds is 1. The minimum absolute atomic E-state index is 0.856. The maximum Gasteiger partial charge on any atom is 0.231 e. The van der Waals surface area contributed by atoms with Crippen LogP contribution in [0.15, 0.2) is 36.5 Å². The smallest absolute Gasteiger partial charge is 0.231 e. The van der Waals surface area contributed by atoms with Gasteiger partial charge in [0.25, 0.3) is 0 Å². The van der Waals surface area contributed by atoms with Gasteiger partial charge in [0, 0.05) is 11.3 Å². The van der Waals surface area contributed by atoms with E-state index in [0.29, 0.717) is 0 Å². The summed E-state index contributed by atoms with van der Waals surface area (Å²) in [7, 11) is 2.14. The minimum Gasteiger partial charge on any atom is -0.257 e. The first-order chi connectivity index (χ1) is 11.0. The second-order valence-electron chi connectivity index (χ2n) is 6.44. The Labute approximate surface area is 136 Å². The fourth-order valence-electron chi connectivity index (χ4n) is 3.40. The van der Waals surface area contributed by atoms with Gasteiger partial charge in [-0.25, -0.2) is 4.98 Å². The molecule has 3 nitrogen and oxygen atoms in total. The van der Waals surface area contributed by atoms with E-state index in [9.17, 15) is 0 Å². The molecule has 0 bridgehead atoms. The van der Waals surface area contributed by atoms with Crippen LogP contribution in [0.5, 0.6) is 0 Å². The highest BCUT2D eigenvalue weighted by Crippen LogP contribution is 2.33. The largest absolute Gasteiger partial charge is 0.257 e. The maximum absolute atomic E-state index is 4.78. The number of fused-ring (bicyclic) bond motifs is 3. The standard InChI is InChI=1S/C20H20N3/c1-12-5-6-13(2)16(9-12)19-11-21-20-15-8-7-14(3)22-17(15)10-18(20)23(19)4/h5-9,11H,10H2,1-4H3/q+1. The van der Waals surface area contributed by atoms with Gasteiger partial charge in [-0.05, 0) is 44.5 Å². The number of hydrogen-bond donors (Lipinski definition) is 0. The molecule has 0 saturated carbocycles. The van der Waals surface area contributed by atoms with Gasteiger partial charge in [-0.3, -0.25) is 4.98 Å². The van der Waals surface area contributed by atoms with E-state index in [1.165, 1.54) is 27.9 Å². The van der Waals surface area contributed by atoms with Crippen molar-refractivity contribution in [1.82, 2.24) is 9.97 Å². The van der Waals surface area contributed by atoms with E-state index in [1.807, 2.05) is 13.1 Å². The van der Waals surface area contributed by atoms with Crippen molar-refractivity contribution in [3.8, 4) is 22.5 Å². The third-order valence-corrected chi connectivity index (χ3v) is 4.73. The van der Waals surface area contributed by atoms with E-state index < -0.39 is 0 Å². The molecule has 1 aliphatic rings. The van der Waals surface area contributed by atoms with Gasteiger partial charge < -0.3 is 0 Å². The zero-order valence-electron chi connectivity index (χ0n) is 14.0. The molecule has 23 heavy (non-hydrogen) atoms. The molecule has 0 fully saturated rings. The number of nitrogens with zero attached hydrogens (tertiary/aromatic N) is 3. The van der Waals surface area contributed by atoms with Crippen LogP contribution < -0.4 is 4.57 Å². The first-order valence-electron chi connectivity index (χ1n) is 7.97. The quantitative estimate of drug-likeness (QED) is 0.504. The second kappa shape index (κ2) is 4.98. The van der Waals surface area contributed by atoms with Crippen molar-refractivity contribution in [2.24, 2.45) is 7.05 Å². The first kappa shape index (κ1) is 14.1. The molecule has 2 aromatic heterocycles. The molecule has 2 heterocycles. The predicted octanol–water partition coefficient (Wildman–Crippen LogP) is 3.46. The first-order valence-corrected chi connectivity index (χ1v) is 7.97. The fraction of sp³-hybridized carbons (Fsp3) is 0.250. The van der Waals surface area contributed by atoms with Gasteiger partial charge in [0.2, 0.25) is 11.4 Å². The number of pyridine rings is 1. The SMILES string of the molecule is Cc1ccc(C)c(-c2cnc3c([n+]2C)Cc2nc(C)ccc2-3)c1. The lowest BCUT2D eigenvalue weighted by atomic mass is 10.0. The summed E-state index contributed by atoms with van der Waals surface area (Å²) in [6, 6.07) is 10.8. The van der Waals surface area contributed by atoms with Crippen LogP contribution in [0.3, 0.4) is 0 Å². The van der Waals surface area contributed by atoms with Crippen molar-refractivity contribution < 1.29 is 4.57 Å². The third-order valence-electron chi connectivity index (χ3n) is 4.73. The van der Waals surface area contributed by atoms with Crippen LogP contribution in [0.4, 0.5) is 0 Å². The van der Waals surface area contributed by atoms with Crippen LogP contribution in [0.25, 0.3) is 22.5 Å². The van der Waals surface area contributed by atoms with Gasteiger partial charge in [0.1, 0.15) is 18.9 Å². The lowest BCUT2D eigenvalue weighted by Crippen LogP contribution is -2.36. The minimum atomic E-state index is 0.856. The van der Waals surface area contributed by atoms with E-state index in [0.717, 1.165) is 29.2 Å². The van der Waals surface area contributed by atoms with Gasteiger partial charge in [0.05, 0.1) is 17.7 Å². The lowest BCUT2D eigenvalue weighted by Gasteiger charge is -2.07. The molecular weight excluding hydrogens is 282 g/mol. The van der Waals surface area contributed by atoms with Crippen molar-refractivity contribution >= 4 is 0 Å². The van der Waals surface area contributed by atoms with Gasteiger partial charge in [-0.2, -0.15) is 4.57 Å². The molecule has 0 saturated heterocycles. The molecule has 0 amide bonds. The van der Waals surface area contributed by atoms with Crippen molar-refractivity contribution in [3.05, 3.63) is 64.7 Å². The fourth-order valence-corrected chi connectivity index (χ4v) is 3.40. The van der Waals surface area contributed by atoms with Gasteiger partial charge >= 0.3 is 0 Å². The molecule has 0 unspecified atom stereocenters. The molecule has 1 aliphatic carbocycles. The van der Waals surface area contributed by atoms with Crippen molar-refractivity contribution in [3.63, 3.8) is 0 Å². The number of aromatic nitrogens is 3. The molecule has 0 atom stereocenters. The van der Waals surface area contributed by atoms with Crippen LogP contribution in [0.1, 0.15) is 28.2 Å². The normalized spacial score (nSPS) is 12.2. The Hall–Kier alpha value is -2.55. The second-order valence-corrected chi connectivity index (χ2v) is 6.44. The van der Waals surface area contributed by atoms with E-state index in [2.05, 4.69) is 55.8 Å². The zero-order valence-corrected chi connectivity index (χ0v) is 14.0. The van der Waals surface area contributed by atoms with Crippen molar-refractivity contribution in [1.29, 1.82) is 0 Å². The Morgan fingerprint density at radius 3 is 2.65 bits per heavy atom. The Morgan fingerprint density at radius 1 is 1.00 bits per heavy atom. The molecule has 4 rings (SSSR count). The van der Waals surface area contributed by atoms with E-state index in [4.69, 9.17) is 9.97 Å². The van der Waals surface area contributed by atoms with Gasteiger partial charge in [-0.1, -0.05) is 17.7 Å². The topological polar surface area (TPSA) is 29.7 Å². The Kier molecular flexibility index (Phi) is 3.05. The summed E-state index contributed by atoms with van der Waals surface area (Å²) in [5.41, 5.74) is 10.7. The molecule has 3 heteroatoms. The molecule has 114 valence electrons. The van der Waals surface area contributed by atoms with Gasteiger partial charge in [0.15, 0.2) is 0 Å². The summed E-state index contributed by atoms with van der Waals surface area (Å²) in [5.74, 6) is 0. The van der Waals surface area contributed by atoms with Crippen LogP contribution >= 0.6 is 0 Å². The molecule has 0 N–H and O–H groups in total. The van der Waals surface area contributed by atoms with Crippen molar-refractivity contribution in [2.75, 3.05) is 0 Å². The Balaban J connectivity index is 1.90. The monoisotopic (exact) mass is 302 g/mol. The van der Waals surface area contributed by atoms with E-state index >= 15 is 0 Å². The molecule has 0 radical (unpaired) electrons. The number of benzene rings is 1. The number of hydrogen-bond acceptors (Lipinski definition) is 2. The summed E-state index contributed by atoms with van der Waals surface area (Å²) in [6.45, 7) is 6.33. The summed E-state index contributed by atoms with van der Waals surface area (Å²) in [4.78, 5) is 9.47. The van der Waals surface area contributed by atoms with Crippen LogP contribution in [-0.4, -0.2) is 9.97 Å². The molecule has 0 aliphatic heterocycles. The maximum atomic E-state index is 4.78. The zero-order chi connectivity index (χ0) is 16.1. The van der Waals surface area contributed by atoms with E-state index in [-0.39, 0.29) is 0 Å². The lowest BCUT2D eigenvalue weighted by molar-refractivity contribution is -0.667. The summed E-state index contributed by atoms with van der Waals surface area (Å²) < 4.78 is 2.28.